The van der Waals surface area contributed by atoms with Crippen LogP contribution in [0.5, 0.6) is 11.5 Å². The molecule has 0 aromatic heterocycles. The van der Waals surface area contributed by atoms with E-state index in [4.69, 9.17) is 20.1 Å². The highest BCUT2D eigenvalue weighted by Crippen LogP contribution is 2.33. The number of hydrogen-bond donors (Lipinski definition) is 2. The summed E-state index contributed by atoms with van der Waals surface area (Å²) in [5.74, 6) is 4.71. The first kappa shape index (κ1) is 22.0. The molecule has 0 saturated carbocycles. The number of ether oxygens (including phenoxy) is 3. The second kappa shape index (κ2) is 10.9. The normalized spacial score (nSPS) is 11.9. The number of nitrogens with one attached hydrogen (secondary N) is 1. The Kier molecular flexibility index (Phi) is 8.27. The van der Waals surface area contributed by atoms with Crippen molar-refractivity contribution in [2.24, 2.45) is 10.9 Å². The lowest BCUT2D eigenvalue weighted by molar-refractivity contribution is -0.141. The van der Waals surface area contributed by atoms with Gasteiger partial charge in [-0.05, 0) is 37.6 Å². The minimum Gasteiger partial charge on any atom is -0.494 e. The monoisotopic (exact) mass is 403 g/mol. The molecular weight excluding hydrogens is 377 g/mol. The number of hydrazone groups is 1. The van der Waals surface area contributed by atoms with E-state index in [0.29, 0.717) is 24.7 Å². The van der Waals surface area contributed by atoms with Crippen molar-refractivity contribution in [3.63, 3.8) is 0 Å². The van der Waals surface area contributed by atoms with Gasteiger partial charge < -0.3 is 25.4 Å². The van der Waals surface area contributed by atoms with Crippen molar-refractivity contribution in [1.29, 1.82) is 0 Å². The molecular formula is C21H26FN3O4. The van der Waals surface area contributed by atoms with Crippen LogP contribution in [0.2, 0.25) is 0 Å². The van der Waals surface area contributed by atoms with E-state index in [2.05, 4.69) is 10.4 Å². The van der Waals surface area contributed by atoms with Gasteiger partial charge in [-0.15, -0.1) is 0 Å². The molecule has 156 valence electrons. The molecule has 0 bridgehead atoms. The molecule has 1 unspecified atom stereocenters. The summed E-state index contributed by atoms with van der Waals surface area (Å²) >= 11 is 0. The molecule has 8 heteroatoms. The third-order valence-corrected chi connectivity index (χ3v) is 3.96. The Morgan fingerprint density at radius 3 is 2.48 bits per heavy atom. The van der Waals surface area contributed by atoms with Gasteiger partial charge in [-0.2, -0.15) is 5.10 Å². The number of anilines is 1. The Labute approximate surface area is 169 Å². The molecule has 7 nitrogen and oxygen atoms in total. The van der Waals surface area contributed by atoms with Crippen LogP contribution in [0.3, 0.4) is 0 Å². The molecule has 2 aromatic carbocycles. The molecule has 29 heavy (non-hydrogen) atoms. The van der Waals surface area contributed by atoms with Crippen LogP contribution in [-0.4, -0.2) is 32.0 Å². The number of nitrogens with zero attached hydrogens (tertiary/aromatic N) is 1. The smallest absolute Gasteiger partial charge is 0.302 e. The van der Waals surface area contributed by atoms with Gasteiger partial charge in [0.05, 0.1) is 25.5 Å². The lowest BCUT2D eigenvalue weighted by Gasteiger charge is -2.22. The lowest BCUT2D eigenvalue weighted by atomic mass is 10.0. The summed E-state index contributed by atoms with van der Waals surface area (Å²) in [7, 11) is 0. The van der Waals surface area contributed by atoms with Crippen molar-refractivity contribution in [3.05, 3.63) is 53.3 Å². The van der Waals surface area contributed by atoms with Gasteiger partial charge in [0.1, 0.15) is 12.4 Å². The van der Waals surface area contributed by atoms with Crippen LogP contribution < -0.4 is 20.6 Å². The van der Waals surface area contributed by atoms with Crippen LogP contribution in [0.15, 0.2) is 41.5 Å². The first-order valence-corrected chi connectivity index (χ1v) is 9.30. The minimum absolute atomic E-state index is 0.0700. The maximum atomic E-state index is 15.1. The van der Waals surface area contributed by atoms with Gasteiger partial charge in [0.15, 0.2) is 11.6 Å². The number of carbonyl (C=O) groups excluding carboxylic acids is 1. The summed E-state index contributed by atoms with van der Waals surface area (Å²) in [6.45, 7) is 5.56. The summed E-state index contributed by atoms with van der Waals surface area (Å²) in [6.07, 6.45) is 1.51. The van der Waals surface area contributed by atoms with Crippen LogP contribution >= 0.6 is 0 Å². The van der Waals surface area contributed by atoms with Gasteiger partial charge in [0, 0.05) is 24.2 Å². The first-order chi connectivity index (χ1) is 14.0. The van der Waals surface area contributed by atoms with E-state index in [1.54, 1.807) is 37.3 Å². The second-order valence-electron chi connectivity index (χ2n) is 6.09. The highest BCUT2D eigenvalue weighted by Gasteiger charge is 2.22. The molecule has 0 amide bonds. The zero-order valence-corrected chi connectivity index (χ0v) is 16.8. The molecule has 3 N–H and O–H groups in total. The molecule has 2 aromatic rings. The average molecular weight is 403 g/mol. The fourth-order valence-corrected chi connectivity index (χ4v) is 2.72. The Morgan fingerprint density at radius 1 is 1.21 bits per heavy atom. The maximum Gasteiger partial charge on any atom is 0.302 e. The zero-order valence-electron chi connectivity index (χ0n) is 16.8. The fraction of sp³-hybridized carbons (Fsp3) is 0.333. The third-order valence-electron chi connectivity index (χ3n) is 3.96. The molecule has 0 aliphatic carbocycles. The van der Waals surface area contributed by atoms with Crippen molar-refractivity contribution < 1.29 is 23.4 Å². The van der Waals surface area contributed by atoms with Gasteiger partial charge >= 0.3 is 5.97 Å². The van der Waals surface area contributed by atoms with Crippen LogP contribution in [0.4, 0.5) is 10.1 Å². The fourth-order valence-electron chi connectivity index (χ4n) is 2.72. The van der Waals surface area contributed by atoms with E-state index >= 15 is 4.39 Å². The van der Waals surface area contributed by atoms with E-state index in [1.807, 2.05) is 6.92 Å². The first-order valence-electron chi connectivity index (χ1n) is 9.30. The average Bonchev–Trinajstić information content (AvgIpc) is 2.69. The summed E-state index contributed by atoms with van der Waals surface area (Å²) in [5, 5.41) is 6.67. The maximum absolute atomic E-state index is 15.1. The van der Waals surface area contributed by atoms with Crippen molar-refractivity contribution in [3.8, 4) is 11.5 Å². The molecule has 0 fully saturated rings. The third kappa shape index (κ3) is 6.38. The van der Waals surface area contributed by atoms with E-state index in [-0.39, 0.29) is 17.9 Å². The quantitative estimate of drug-likeness (QED) is 0.272. The standard InChI is InChI=1S/C21H26FN3O4/c1-4-27-17-10-18(21(22)20(11-17)28-5-2)19(13-29-14(3)26)25-16-8-6-15(7-9-16)12-24-23/h6-12,19,25H,4-5,13,23H2,1-3H3. The molecule has 0 aliphatic heterocycles. The summed E-state index contributed by atoms with van der Waals surface area (Å²) < 4.78 is 31.3. The van der Waals surface area contributed by atoms with Crippen LogP contribution in [0.1, 0.15) is 37.9 Å². The number of hydrogen-bond acceptors (Lipinski definition) is 7. The van der Waals surface area contributed by atoms with Crippen LogP contribution in [0.25, 0.3) is 0 Å². The highest BCUT2D eigenvalue weighted by atomic mass is 19.1. The number of rotatable bonds is 10. The van der Waals surface area contributed by atoms with Gasteiger partial charge in [-0.25, -0.2) is 4.39 Å². The SMILES string of the molecule is CCOc1cc(OCC)c(F)c(C(COC(C)=O)Nc2ccc(C=NN)cc2)c1. The van der Waals surface area contributed by atoms with E-state index in [1.165, 1.54) is 19.2 Å². The molecule has 0 radical (unpaired) electrons. The van der Waals surface area contributed by atoms with Crippen molar-refractivity contribution in [2.45, 2.75) is 26.8 Å². The van der Waals surface area contributed by atoms with Gasteiger partial charge in [0.2, 0.25) is 0 Å². The van der Waals surface area contributed by atoms with E-state index < -0.39 is 17.8 Å². The second-order valence-corrected chi connectivity index (χ2v) is 6.09. The number of benzene rings is 2. The largest absolute Gasteiger partial charge is 0.494 e. The predicted octanol–water partition coefficient (Wildman–Crippen LogP) is 3.63. The van der Waals surface area contributed by atoms with Gasteiger partial charge in [0.25, 0.3) is 0 Å². The minimum atomic E-state index is -0.660. The number of esters is 1. The molecule has 0 saturated heterocycles. The van der Waals surface area contributed by atoms with Gasteiger partial charge in [-0.3, -0.25) is 4.79 Å². The highest BCUT2D eigenvalue weighted by molar-refractivity contribution is 5.80. The lowest BCUT2D eigenvalue weighted by Crippen LogP contribution is -2.20. The number of halogens is 1. The Morgan fingerprint density at radius 2 is 1.90 bits per heavy atom. The topological polar surface area (TPSA) is 95.2 Å². The number of carbonyl (C=O) groups is 1. The molecule has 2 rings (SSSR count). The number of nitrogens with two attached hydrogens (primary N) is 1. The zero-order chi connectivity index (χ0) is 21.2. The molecule has 1 atom stereocenters. The molecule has 0 aliphatic rings. The van der Waals surface area contributed by atoms with Crippen LogP contribution in [0, 0.1) is 5.82 Å². The Hall–Kier alpha value is -3.29. The van der Waals surface area contributed by atoms with Crippen molar-refractivity contribution in [1.82, 2.24) is 0 Å². The van der Waals surface area contributed by atoms with Gasteiger partial charge in [-0.1, -0.05) is 12.1 Å². The molecule has 0 spiro atoms. The van der Waals surface area contributed by atoms with Crippen LogP contribution in [-0.2, 0) is 9.53 Å². The van der Waals surface area contributed by atoms with E-state index in [0.717, 1.165) is 5.56 Å². The van der Waals surface area contributed by atoms with Crippen molar-refractivity contribution >= 4 is 17.9 Å². The Balaban J connectivity index is 2.40. The predicted molar refractivity (Wildman–Crippen MR) is 110 cm³/mol. The Bertz CT molecular complexity index is 841. The summed E-state index contributed by atoms with van der Waals surface area (Å²) in [6, 6.07) is 9.64. The van der Waals surface area contributed by atoms with E-state index in [9.17, 15) is 4.79 Å². The summed E-state index contributed by atoms with van der Waals surface area (Å²) in [5.41, 5.74) is 1.79. The summed E-state index contributed by atoms with van der Waals surface area (Å²) in [4.78, 5) is 11.4. The van der Waals surface area contributed by atoms with Crippen molar-refractivity contribution in [2.75, 3.05) is 25.1 Å². The molecule has 0 heterocycles.